The molecule has 0 spiro atoms. The van der Waals surface area contributed by atoms with Crippen LogP contribution in [0.2, 0.25) is 0 Å². The minimum Gasteiger partial charge on any atom is -0.444 e. The zero-order valence-corrected chi connectivity index (χ0v) is 15.4. The second-order valence-electron chi connectivity index (χ2n) is 6.91. The van der Waals surface area contributed by atoms with Crippen LogP contribution in [0, 0.1) is 5.92 Å². The molecule has 0 N–H and O–H groups in total. The highest BCUT2D eigenvalue weighted by molar-refractivity contribution is 9.09. The van der Waals surface area contributed by atoms with Crippen molar-refractivity contribution in [2.75, 3.05) is 26.3 Å². The Morgan fingerprint density at radius 2 is 1.95 bits per heavy atom. The summed E-state index contributed by atoms with van der Waals surface area (Å²) in [5.74, 6) is 0.574. The molecule has 0 aliphatic carbocycles. The monoisotopic (exact) mass is 363 g/mol. The molecule has 1 aliphatic heterocycles. The van der Waals surface area contributed by atoms with Gasteiger partial charge in [0.2, 0.25) is 0 Å². The molecule has 4 nitrogen and oxygen atoms in total. The third-order valence-electron chi connectivity index (χ3n) is 3.51. The lowest BCUT2D eigenvalue weighted by Crippen LogP contribution is -2.42. The highest BCUT2D eigenvalue weighted by Gasteiger charge is 2.26. The lowest BCUT2D eigenvalue weighted by atomic mass is 9.98. The molecule has 0 radical (unpaired) electrons. The summed E-state index contributed by atoms with van der Waals surface area (Å²) in [4.78, 5) is 14.3. The lowest BCUT2D eigenvalue weighted by Gasteiger charge is -2.33. The van der Waals surface area contributed by atoms with Gasteiger partial charge in [0.1, 0.15) is 5.60 Å². The van der Waals surface area contributed by atoms with E-state index in [1.807, 2.05) is 25.7 Å². The molecular formula is C16H30BrNO3. The van der Waals surface area contributed by atoms with E-state index in [-0.39, 0.29) is 6.09 Å². The van der Waals surface area contributed by atoms with Crippen LogP contribution in [0.5, 0.6) is 0 Å². The Balaban J connectivity index is 2.13. The predicted octanol–water partition coefficient (Wildman–Crippen LogP) is 4.21. The summed E-state index contributed by atoms with van der Waals surface area (Å²) in [6.45, 7) is 11.1. The second-order valence-corrected chi connectivity index (χ2v) is 8.47. The van der Waals surface area contributed by atoms with E-state index in [1.54, 1.807) is 0 Å². The fourth-order valence-electron chi connectivity index (χ4n) is 2.33. The van der Waals surface area contributed by atoms with Gasteiger partial charge in [-0.05, 0) is 52.4 Å². The van der Waals surface area contributed by atoms with Crippen molar-refractivity contribution in [3.63, 3.8) is 0 Å². The number of halogens is 1. The van der Waals surface area contributed by atoms with Gasteiger partial charge in [0.15, 0.2) is 0 Å². The van der Waals surface area contributed by atoms with Gasteiger partial charge in [-0.15, -0.1) is 0 Å². The molecule has 0 aromatic heterocycles. The third kappa shape index (κ3) is 8.67. The van der Waals surface area contributed by atoms with Crippen LogP contribution in [0.1, 0.15) is 53.4 Å². The number of hydrogen-bond acceptors (Lipinski definition) is 3. The molecule has 0 aromatic carbocycles. The first-order valence-electron chi connectivity index (χ1n) is 7.97. The summed E-state index contributed by atoms with van der Waals surface area (Å²) in [5.41, 5.74) is -0.413. The molecule has 1 unspecified atom stereocenters. The van der Waals surface area contributed by atoms with E-state index < -0.39 is 5.60 Å². The van der Waals surface area contributed by atoms with Crippen LogP contribution in [-0.2, 0) is 9.47 Å². The molecule has 1 rings (SSSR count). The van der Waals surface area contributed by atoms with Crippen molar-refractivity contribution in [1.29, 1.82) is 0 Å². The number of nitrogens with zero attached hydrogens (tertiary/aromatic N) is 1. The highest BCUT2D eigenvalue weighted by atomic mass is 79.9. The van der Waals surface area contributed by atoms with E-state index in [1.165, 1.54) is 0 Å². The van der Waals surface area contributed by atoms with Crippen LogP contribution in [-0.4, -0.2) is 47.7 Å². The number of carbonyl (C=O) groups is 1. The van der Waals surface area contributed by atoms with Crippen molar-refractivity contribution in [3.05, 3.63) is 0 Å². The molecule has 1 amide bonds. The fraction of sp³-hybridized carbons (Fsp3) is 0.938. The van der Waals surface area contributed by atoms with Crippen LogP contribution >= 0.6 is 15.9 Å². The van der Waals surface area contributed by atoms with Gasteiger partial charge >= 0.3 is 6.09 Å². The van der Waals surface area contributed by atoms with Gasteiger partial charge in [-0.25, -0.2) is 4.79 Å². The Morgan fingerprint density at radius 3 is 2.48 bits per heavy atom. The van der Waals surface area contributed by atoms with Crippen LogP contribution in [0.25, 0.3) is 0 Å². The largest absolute Gasteiger partial charge is 0.444 e. The van der Waals surface area contributed by atoms with E-state index in [0.717, 1.165) is 52.0 Å². The summed E-state index contributed by atoms with van der Waals surface area (Å²) in [6.07, 6.45) is 4.08. The molecule has 1 atom stereocenters. The van der Waals surface area contributed by atoms with Crippen molar-refractivity contribution in [3.8, 4) is 0 Å². The quantitative estimate of drug-likeness (QED) is 0.523. The number of hydrogen-bond donors (Lipinski definition) is 0. The molecule has 5 heteroatoms. The van der Waals surface area contributed by atoms with Gasteiger partial charge in [0, 0.05) is 31.1 Å². The smallest absolute Gasteiger partial charge is 0.410 e. The van der Waals surface area contributed by atoms with Crippen LogP contribution in [0.3, 0.4) is 0 Å². The first-order chi connectivity index (χ1) is 9.78. The van der Waals surface area contributed by atoms with Gasteiger partial charge in [0.05, 0.1) is 0 Å². The Labute approximate surface area is 137 Å². The molecule has 1 saturated heterocycles. The van der Waals surface area contributed by atoms with E-state index in [0.29, 0.717) is 10.7 Å². The van der Waals surface area contributed by atoms with Gasteiger partial charge in [0.25, 0.3) is 0 Å². The number of alkyl halides is 1. The Kier molecular flexibility index (Phi) is 8.03. The number of likely N-dealkylation sites (tertiary alicyclic amines) is 1. The minimum atomic E-state index is -0.413. The zero-order valence-electron chi connectivity index (χ0n) is 13.9. The number of ether oxygens (including phenoxy) is 2. The van der Waals surface area contributed by atoms with E-state index in [4.69, 9.17) is 9.47 Å². The minimum absolute atomic E-state index is 0.187. The number of amides is 1. The maximum absolute atomic E-state index is 12.0. The molecule has 124 valence electrons. The average molecular weight is 364 g/mol. The lowest BCUT2D eigenvalue weighted by molar-refractivity contribution is 0.0116. The standard InChI is InChI=1S/C16H30BrNO3/c1-13(17)6-5-11-20-12-14-7-9-18(10-8-14)15(19)21-16(2,3)4/h13-14H,5-12H2,1-4H3. The maximum Gasteiger partial charge on any atom is 0.410 e. The molecule has 0 aromatic rings. The highest BCUT2D eigenvalue weighted by Crippen LogP contribution is 2.20. The van der Waals surface area contributed by atoms with Crippen LogP contribution in [0.15, 0.2) is 0 Å². The number of rotatable bonds is 6. The maximum atomic E-state index is 12.0. The molecule has 1 heterocycles. The first kappa shape index (κ1) is 18.8. The fourth-order valence-corrected chi connectivity index (χ4v) is 2.65. The third-order valence-corrected chi connectivity index (χ3v) is 3.97. The van der Waals surface area contributed by atoms with Crippen LogP contribution < -0.4 is 0 Å². The summed E-state index contributed by atoms with van der Waals surface area (Å²) in [7, 11) is 0. The normalized spacial score (nSPS) is 18.6. The van der Waals surface area contributed by atoms with Crippen LogP contribution in [0.4, 0.5) is 4.79 Å². The number of carbonyl (C=O) groups excluding carboxylic acids is 1. The second kappa shape index (κ2) is 8.99. The summed E-state index contributed by atoms with van der Waals surface area (Å²) < 4.78 is 11.1. The average Bonchev–Trinajstić information content (AvgIpc) is 2.36. The van der Waals surface area contributed by atoms with Crippen molar-refractivity contribution >= 4 is 22.0 Å². The molecule has 0 saturated carbocycles. The van der Waals surface area contributed by atoms with E-state index in [9.17, 15) is 4.79 Å². The molecule has 1 fully saturated rings. The summed E-state index contributed by atoms with van der Waals surface area (Å²) >= 11 is 3.54. The Hall–Kier alpha value is -0.290. The predicted molar refractivity (Wildman–Crippen MR) is 89.0 cm³/mol. The van der Waals surface area contributed by atoms with E-state index >= 15 is 0 Å². The summed E-state index contributed by atoms with van der Waals surface area (Å²) in [5, 5.41) is 0. The van der Waals surface area contributed by atoms with E-state index in [2.05, 4.69) is 22.9 Å². The topological polar surface area (TPSA) is 38.8 Å². The molecule has 0 bridgehead atoms. The van der Waals surface area contributed by atoms with Crippen molar-refractivity contribution in [1.82, 2.24) is 4.90 Å². The van der Waals surface area contributed by atoms with Gasteiger partial charge in [-0.3, -0.25) is 0 Å². The first-order valence-corrected chi connectivity index (χ1v) is 8.89. The zero-order chi connectivity index (χ0) is 15.9. The van der Waals surface area contributed by atoms with Crippen molar-refractivity contribution in [2.24, 2.45) is 5.92 Å². The van der Waals surface area contributed by atoms with Crippen molar-refractivity contribution < 1.29 is 14.3 Å². The number of piperidine rings is 1. The van der Waals surface area contributed by atoms with Crippen molar-refractivity contribution in [2.45, 2.75) is 63.8 Å². The van der Waals surface area contributed by atoms with Gasteiger partial charge in [-0.2, -0.15) is 0 Å². The van der Waals surface area contributed by atoms with Gasteiger partial charge in [-0.1, -0.05) is 22.9 Å². The Morgan fingerprint density at radius 1 is 1.33 bits per heavy atom. The van der Waals surface area contributed by atoms with Gasteiger partial charge < -0.3 is 14.4 Å². The summed E-state index contributed by atoms with van der Waals surface area (Å²) in [6, 6.07) is 0. The molecule has 21 heavy (non-hydrogen) atoms. The molecule has 1 aliphatic rings. The SMILES string of the molecule is CC(Br)CCCOCC1CCN(C(=O)OC(C)(C)C)CC1. The Bertz CT molecular complexity index is 307. The molecular weight excluding hydrogens is 334 g/mol.